The van der Waals surface area contributed by atoms with Crippen LogP contribution in [0.4, 0.5) is 8.78 Å². The van der Waals surface area contributed by atoms with Gasteiger partial charge in [-0.05, 0) is 49.1 Å². The summed E-state index contributed by atoms with van der Waals surface area (Å²) >= 11 is 1.77. The molecule has 0 heterocycles. The minimum atomic E-state index is -0.492. The number of halogens is 2. The number of thioether (sulfide) groups is 1. The Balaban J connectivity index is 2.19. The fourth-order valence-electron chi connectivity index (χ4n) is 2.28. The molecular formula is C17H19F2NS. The van der Waals surface area contributed by atoms with Crippen molar-refractivity contribution < 1.29 is 8.78 Å². The van der Waals surface area contributed by atoms with Gasteiger partial charge in [-0.1, -0.05) is 25.1 Å². The highest BCUT2D eigenvalue weighted by Crippen LogP contribution is 2.24. The van der Waals surface area contributed by atoms with Crippen LogP contribution in [0.15, 0.2) is 47.4 Å². The largest absolute Gasteiger partial charge is 0.313 e. The van der Waals surface area contributed by atoms with Crippen LogP contribution in [0, 0.1) is 11.6 Å². The second-order valence-electron chi connectivity index (χ2n) is 4.75. The molecule has 0 saturated heterocycles. The summed E-state index contributed by atoms with van der Waals surface area (Å²) in [5, 5.41) is 3.13. The summed E-state index contributed by atoms with van der Waals surface area (Å²) in [7, 11) is 1.80. The van der Waals surface area contributed by atoms with Crippen LogP contribution in [0.25, 0.3) is 0 Å². The normalized spacial score (nSPS) is 12.4. The van der Waals surface area contributed by atoms with Gasteiger partial charge in [-0.2, -0.15) is 0 Å². The summed E-state index contributed by atoms with van der Waals surface area (Å²) in [5.41, 5.74) is 1.16. The van der Waals surface area contributed by atoms with E-state index < -0.39 is 11.6 Å². The first-order valence-electron chi connectivity index (χ1n) is 6.98. The van der Waals surface area contributed by atoms with Gasteiger partial charge in [0.05, 0.1) is 0 Å². The molecule has 2 rings (SSSR count). The number of hydrogen-bond donors (Lipinski definition) is 1. The molecule has 2 aromatic rings. The van der Waals surface area contributed by atoms with Crippen molar-refractivity contribution in [3.05, 3.63) is 65.2 Å². The summed E-state index contributed by atoms with van der Waals surface area (Å²) < 4.78 is 27.5. The Labute approximate surface area is 128 Å². The fourth-order valence-corrected chi connectivity index (χ4v) is 2.94. The van der Waals surface area contributed by atoms with Gasteiger partial charge in [0, 0.05) is 16.5 Å². The van der Waals surface area contributed by atoms with E-state index in [2.05, 4.69) is 12.2 Å². The first-order valence-corrected chi connectivity index (χ1v) is 7.97. The van der Waals surface area contributed by atoms with Gasteiger partial charge in [0.15, 0.2) is 0 Å². The van der Waals surface area contributed by atoms with E-state index in [1.165, 1.54) is 23.1 Å². The minimum Gasteiger partial charge on any atom is -0.313 e. The second kappa shape index (κ2) is 7.57. The van der Waals surface area contributed by atoms with Gasteiger partial charge in [-0.3, -0.25) is 0 Å². The Hall–Kier alpha value is -1.39. The van der Waals surface area contributed by atoms with Gasteiger partial charge >= 0.3 is 0 Å². The number of likely N-dealkylation sites (N-methyl/N-ethyl adjacent to an activating group) is 1. The van der Waals surface area contributed by atoms with E-state index in [0.29, 0.717) is 0 Å². The predicted molar refractivity (Wildman–Crippen MR) is 84.7 cm³/mol. The van der Waals surface area contributed by atoms with E-state index in [-0.39, 0.29) is 18.0 Å². The Morgan fingerprint density at radius 3 is 2.19 bits per heavy atom. The third-order valence-corrected chi connectivity index (χ3v) is 4.31. The van der Waals surface area contributed by atoms with Crippen LogP contribution < -0.4 is 5.32 Å². The average molecular weight is 307 g/mol. The molecular weight excluding hydrogens is 288 g/mol. The molecule has 1 atom stereocenters. The van der Waals surface area contributed by atoms with Crippen LogP contribution in [0.5, 0.6) is 0 Å². The highest BCUT2D eigenvalue weighted by Gasteiger charge is 2.16. The molecule has 4 heteroatoms. The lowest BCUT2D eigenvalue weighted by atomic mass is 9.98. The van der Waals surface area contributed by atoms with Crippen molar-refractivity contribution in [2.75, 3.05) is 12.8 Å². The van der Waals surface area contributed by atoms with Crippen molar-refractivity contribution in [2.45, 2.75) is 24.3 Å². The summed E-state index contributed by atoms with van der Waals surface area (Å²) in [5.74, 6) is 0.0386. The van der Waals surface area contributed by atoms with Gasteiger partial charge < -0.3 is 5.32 Å². The van der Waals surface area contributed by atoms with E-state index in [0.717, 1.165) is 11.3 Å². The number of rotatable bonds is 6. The van der Waals surface area contributed by atoms with Gasteiger partial charge in [-0.25, -0.2) is 8.78 Å². The van der Waals surface area contributed by atoms with Gasteiger partial charge in [0.1, 0.15) is 11.6 Å². The first-order chi connectivity index (χ1) is 10.2. The molecule has 2 aromatic carbocycles. The van der Waals surface area contributed by atoms with E-state index in [1.54, 1.807) is 18.8 Å². The van der Waals surface area contributed by atoms with E-state index in [9.17, 15) is 8.78 Å². The van der Waals surface area contributed by atoms with Crippen LogP contribution in [0.1, 0.15) is 24.1 Å². The quantitative estimate of drug-likeness (QED) is 0.784. The summed E-state index contributed by atoms with van der Waals surface area (Å²) in [6.07, 6.45) is 0.287. The molecule has 112 valence electrons. The maximum absolute atomic E-state index is 13.8. The maximum Gasteiger partial charge on any atom is 0.129 e. The zero-order valence-electron chi connectivity index (χ0n) is 12.2. The van der Waals surface area contributed by atoms with E-state index >= 15 is 0 Å². The fraction of sp³-hybridized carbons (Fsp3) is 0.294. The lowest BCUT2D eigenvalue weighted by Crippen LogP contribution is -2.20. The Kier molecular flexibility index (Phi) is 5.76. The summed E-state index contributed by atoms with van der Waals surface area (Å²) in [6.45, 7) is 2.11. The molecule has 21 heavy (non-hydrogen) atoms. The van der Waals surface area contributed by atoms with Crippen LogP contribution in [0.3, 0.4) is 0 Å². The molecule has 0 aliphatic carbocycles. The van der Waals surface area contributed by atoms with Crippen LogP contribution in [0.2, 0.25) is 0 Å². The third-order valence-electron chi connectivity index (χ3n) is 3.41. The molecule has 0 aliphatic rings. The van der Waals surface area contributed by atoms with Crippen LogP contribution in [-0.4, -0.2) is 12.8 Å². The van der Waals surface area contributed by atoms with Crippen molar-refractivity contribution in [2.24, 2.45) is 0 Å². The van der Waals surface area contributed by atoms with Crippen molar-refractivity contribution >= 4 is 11.8 Å². The standard InChI is InChI=1S/C17H19F2NS/c1-3-21-13-9-7-12(8-10-13)17(20-2)11-14-15(18)5-4-6-16(14)19/h4-10,17,20H,3,11H2,1-2H3. The molecule has 0 aliphatic heterocycles. The van der Waals surface area contributed by atoms with Crippen molar-refractivity contribution in [1.29, 1.82) is 0 Å². The molecule has 0 fully saturated rings. The average Bonchev–Trinajstić information content (AvgIpc) is 2.49. The van der Waals surface area contributed by atoms with Crippen LogP contribution >= 0.6 is 11.8 Å². The first kappa shape index (κ1) is 16.0. The van der Waals surface area contributed by atoms with E-state index in [4.69, 9.17) is 0 Å². The van der Waals surface area contributed by atoms with E-state index in [1.807, 2.05) is 24.3 Å². The highest BCUT2D eigenvalue weighted by atomic mass is 32.2. The number of nitrogens with one attached hydrogen (secondary N) is 1. The third kappa shape index (κ3) is 4.05. The highest BCUT2D eigenvalue weighted by molar-refractivity contribution is 7.99. The molecule has 1 N–H and O–H groups in total. The lowest BCUT2D eigenvalue weighted by molar-refractivity contribution is 0.515. The van der Waals surface area contributed by atoms with Crippen molar-refractivity contribution in [1.82, 2.24) is 5.32 Å². The minimum absolute atomic E-state index is 0.114. The number of benzene rings is 2. The zero-order chi connectivity index (χ0) is 15.2. The molecule has 0 radical (unpaired) electrons. The molecule has 1 nitrogen and oxygen atoms in total. The number of hydrogen-bond acceptors (Lipinski definition) is 2. The molecule has 1 unspecified atom stereocenters. The summed E-state index contributed by atoms with van der Waals surface area (Å²) in [4.78, 5) is 1.20. The van der Waals surface area contributed by atoms with Gasteiger partial charge in [0.25, 0.3) is 0 Å². The predicted octanol–water partition coefficient (Wildman–Crippen LogP) is 4.58. The maximum atomic E-state index is 13.8. The monoisotopic (exact) mass is 307 g/mol. The molecule has 0 saturated carbocycles. The Morgan fingerprint density at radius 2 is 1.67 bits per heavy atom. The second-order valence-corrected chi connectivity index (χ2v) is 6.09. The van der Waals surface area contributed by atoms with Crippen LogP contribution in [-0.2, 0) is 6.42 Å². The Bertz CT molecular complexity index is 564. The topological polar surface area (TPSA) is 12.0 Å². The SMILES string of the molecule is CCSc1ccc(C(Cc2c(F)cccc2F)NC)cc1. The molecule has 0 amide bonds. The van der Waals surface area contributed by atoms with Gasteiger partial charge in [-0.15, -0.1) is 11.8 Å². The van der Waals surface area contributed by atoms with Crippen molar-refractivity contribution in [3.63, 3.8) is 0 Å². The Morgan fingerprint density at radius 1 is 1.05 bits per heavy atom. The smallest absolute Gasteiger partial charge is 0.129 e. The van der Waals surface area contributed by atoms with Gasteiger partial charge in [0.2, 0.25) is 0 Å². The summed E-state index contributed by atoms with van der Waals surface area (Å²) in [6, 6.07) is 12.0. The lowest BCUT2D eigenvalue weighted by Gasteiger charge is -2.18. The van der Waals surface area contributed by atoms with Crippen molar-refractivity contribution in [3.8, 4) is 0 Å². The molecule has 0 aromatic heterocycles. The molecule has 0 bridgehead atoms. The zero-order valence-corrected chi connectivity index (χ0v) is 13.0. The molecule has 0 spiro atoms.